The summed E-state index contributed by atoms with van der Waals surface area (Å²) in [5.41, 5.74) is -0.827. The number of piperazine rings is 1. The second kappa shape index (κ2) is 5.68. The molecular weight excluding hydrogens is 230 g/mol. The number of hydrogen-bond donors (Lipinski definition) is 0. The van der Waals surface area contributed by atoms with Gasteiger partial charge >= 0.3 is 0 Å². The summed E-state index contributed by atoms with van der Waals surface area (Å²) in [6.45, 7) is 7.53. The molecule has 2 heterocycles. The maximum absolute atomic E-state index is 12.5. The fraction of sp³-hybridized carbons (Fsp3) is 0.846. The Hall–Kier alpha value is -1.12. The van der Waals surface area contributed by atoms with Crippen LogP contribution >= 0.6 is 0 Å². The second-order valence-corrected chi connectivity index (χ2v) is 5.03. The van der Waals surface area contributed by atoms with E-state index in [0.717, 1.165) is 32.7 Å². The van der Waals surface area contributed by atoms with E-state index >= 15 is 0 Å². The first-order valence-electron chi connectivity index (χ1n) is 6.72. The van der Waals surface area contributed by atoms with E-state index in [2.05, 4.69) is 17.9 Å². The molecule has 2 aliphatic heterocycles. The van der Waals surface area contributed by atoms with E-state index in [-0.39, 0.29) is 5.91 Å². The van der Waals surface area contributed by atoms with Gasteiger partial charge in [-0.05, 0) is 19.4 Å². The molecule has 100 valence electrons. The molecule has 0 N–H and O–H groups in total. The Morgan fingerprint density at radius 3 is 2.39 bits per heavy atom. The molecule has 2 rings (SSSR count). The highest BCUT2D eigenvalue weighted by Gasteiger charge is 2.43. The predicted molar refractivity (Wildman–Crippen MR) is 66.8 cm³/mol. The van der Waals surface area contributed by atoms with Crippen molar-refractivity contribution in [3.63, 3.8) is 0 Å². The van der Waals surface area contributed by atoms with Crippen LogP contribution in [0.3, 0.4) is 0 Å². The largest absolute Gasteiger partial charge is 0.381 e. The third-order valence-corrected chi connectivity index (χ3v) is 4.08. The van der Waals surface area contributed by atoms with Crippen LogP contribution in [-0.2, 0) is 9.53 Å². The van der Waals surface area contributed by atoms with E-state index in [4.69, 9.17) is 4.74 Å². The highest BCUT2D eigenvalue weighted by atomic mass is 16.5. The molecule has 0 aliphatic carbocycles. The molecule has 0 bridgehead atoms. The van der Waals surface area contributed by atoms with Crippen LogP contribution in [0.2, 0.25) is 0 Å². The average Bonchev–Trinajstić information content (AvgIpc) is 2.47. The fourth-order valence-corrected chi connectivity index (χ4v) is 2.66. The maximum Gasteiger partial charge on any atom is 0.243 e. The Balaban J connectivity index is 2.00. The van der Waals surface area contributed by atoms with Gasteiger partial charge in [-0.3, -0.25) is 4.79 Å². The van der Waals surface area contributed by atoms with Crippen LogP contribution in [0.1, 0.15) is 19.8 Å². The van der Waals surface area contributed by atoms with Gasteiger partial charge in [-0.15, -0.1) is 0 Å². The van der Waals surface area contributed by atoms with Crippen molar-refractivity contribution in [3.05, 3.63) is 0 Å². The maximum atomic E-state index is 12.5. The monoisotopic (exact) mass is 251 g/mol. The van der Waals surface area contributed by atoms with Crippen LogP contribution in [-0.4, -0.2) is 61.6 Å². The molecule has 0 atom stereocenters. The molecule has 0 aromatic rings. The number of ether oxygens (including phenoxy) is 1. The lowest BCUT2D eigenvalue weighted by Gasteiger charge is -2.39. The number of rotatable bonds is 2. The van der Waals surface area contributed by atoms with Gasteiger partial charge in [-0.1, -0.05) is 6.92 Å². The lowest BCUT2D eigenvalue weighted by atomic mass is 9.80. The van der Waals surface area contributed by atoms with Crippen molar-refractivity contribution in [2.24, 2.45) is 5.41 Å². The third kappa shape index (κ3) is 2.50. The molecule has 1 amide bonds. The minimum absolute atomic E-state index is 0.0176. The van der Waals surface area contributed by atoms with Crippen molar-refractivity contribution >= 4 is 5.91 Å². The van der Waals surface area contributed by atoms with Crippen molar-refractivity contribution in [3.8, 4) is 6.07 Å². The van der Waals surface area contributed by atoms with Crippen molar-refractivity contribution in [1.82, 2.24) is 9.80 Å². The molecule has 5 nitrogen and oxygen atoms in total. The van der Waals surface area contributed by atoms with Crippen LogP contribution in [0.4, 0.5) is 0 Å². The Morgan fingerprint density at radius 2 is 1.89 bits per heavy atom. The standard InChI is InChI=1S/C13H21N3O2/c1-2-15-5-7-16(8-6-15)12(17)13(11-14)3-9-18-10-4-13/h2-10H2,1H3. The Labute approximate surface area is 108 Å². The molecule has 0 aromatic carbocycles. The Bertz CT molecular complexity index is 337. The van der Waals surface area contributed by atoms with Crippen molar-refractivity contribution < 1.29 is 9.53 Å². The zero-order valence-corrected chi connectivity index (χ0v) is 11.0. The van der Waals surface area contributed by atoms with Crippen LogP contribution in [0.15, 0.2) is 0 Å². The number of likely N-dealkylation sites (N-methyl/N-ethyl adjacent to an activating group) is 1. The second-order valence-electron chi connectivity index (χ2n) is 5.03. The van der Waals surface area contributed by atoms with Crippen LogP contribution in [0, 0.1) is 16.7 Å². The number of carbonyl (C=O) groups is 1. The highest BCUT2D eigenvalue weighted by molar-refractivity contribution is 5.85. The number of hydrogen-bond acceptors (Lipinski definition) is 4. The fourth-order valence-electron chi connectivity index (χ4n) is 2.66. The summed E-state index contributed by atoms with van der Waals surface area (Å²) < 4.78 is 5.27. The van der Waals surface area contributed by atoms with Gasteiger partial charge < -0.3 is 14.5 Å². The smallest absolute Gasteiger partial charge is 0.243 e. The normalized spacial score (nSPS) is 24.6. The van der Waals surface area contributed by atoms with Crippen LogP contribution in [0.25, 0.3) is 0 Å². The molecule has 0 spiro atoms. The summed E-state index contributed by atoms with van der Waals surface area (Å²) in [4.78, 5) is 16.7. The van der Waals surface area contributed by atoms with E-state index in [0.29, 0.717) is 26.1 Å². The number of carbonyl (C=O) groups excluding carboxylic acids is 1. The minimum Gasteiger partial charge on any atom is -0.381 e. The summed E-state index contributed by atoms with van der Waals surface area (Å²) >= 11 is 0. The first kappa shape index (κ1) is 13.3. The highest BCUT2D eigenvalue weighted by Crippen LogP contribution is 2.32. The number of nitrogens with zero attached hydrogens (tertiary/aromatic N) is 3. The van der Waals surface area contributed by atoms with E-state index in [1.165, 1.54) is 0 Å². The third-order valence-electron chi connectivity index (χ3n) is 4.08. The molecule has 2 fully saturated rings. The Morgan fingerprint density at radius 1 is 1.28 bits per heavy atom. The van der Waals surface area contributed by atoms with Crippen LogP contribution in [0.5, 0.6) is 0 Å². The van der Waals surface area contributed by atoms with Gasteiger partial charge in [-0.2, -0.15) is 5.26 Å². The quantitative estimate of drug-likeness (QED) is 0.716. The van der Waals surface area contributed by atoms with Gasteiger partial charge in [-0.25, -0.2) is 0 Å². The van der Waals surface area contributed by atoms with Crippen LogP contribution < -0.4 is 0 Å². The van der Waals surface area contributed by atoms with E-state index in [1.807, 2.05) is 4.90 Å². The van der Waals surface area contributed by atoms with Gasteiger partial charge in [0.25, 0.3) is 0 Å². The molecule has 0 aromatic heterocycles. The zero-order valence-electron chi connectivity index (χ0n) is 11.0. The number of nitriles is 1. The number of amides is 1. The molecule has 0 radical (unpaired) electrons. The lowest BCUT2D eigenvalue weighted by Crippen LogP contribution is -2.53. The van der Waals surface area contributed by atoms with Gasteiger partial charge in [0.05, 0.1) is 6.07 Å². The van der Waals surface area contributed by atoms with Crippen molar-refractivity contribution in [2.75, 3.05) is 45.9 Å². The first-order chi connectivity index (χ1) is 8.72. The molecular formula is C13H21N3O2. The zero-order chi connectivity index (χ0) is 13.0. The summed E-state index contributed by atoms with van der Waals surface area (Å²) in [7, 11) is 0. The average molecular weight is 251 g/mol. The molecule has 2 saturated heterocycles. The van der Waals surface area contributed by atoms with E-state index in [1.54, 1.807) is 0 Å². The SMILES string of the molecule is CCN1CCN(C(=O)C2(C#N)CCOCC2)CC1. The van der Waals surface area contributed by atoms with Crippen molar-refractivity contribution in [2.45, 2.75) is 19.8 Å². The van der Waals surface area contributed by atoms with Gasteiger partial charge in [0.1, 0.15) is 5.41 Å². The molecule has 5 heteroatoms. The van der Waals surface area contributed by atoms with Gasteiger partial charge in [0.15, 0.2) is 0 Å². The summed E-state index contributed by atoms with van der Waals surface area (Å²) in [6.07, 6.45) is 1.08. The van der Waals surface area contributed by atoms with E-state index in [9.17, 15) is 10.1 Å². The van der Waals surface area contributed by atoms with E-state index < -0.39 is 5.41 Å². The molecule has 0 saturated carbocycles. The summed E-state index contributed by atoms with van der Waals surface area (Å²) in [5.74, 6) is 0.0176. The van der Waals surface area contributed by atoms with Gasteiger partial charge in [0.2, 0.25) is 5.91 Å². The summed E-state index contributed by atoms with van der Waals surface area (Å²) in [6, 6.07) is 2.25. The van der Waals surface area contributed by atoms with Gasteiger partial charge in [0, 0.05) is 39.4 Å². The lowest BCUT2D eigenvalue weighted by molar-refractivity contribution is -0.145. The summed E-state index contributed by atoms with van der Waals surface area (Å²) in [5, 5.41) is 9.38. The first-order valence-corrected chi connectivity index (χ1v) is 6.72. The Kier molecular flexibility index (Phi) is 4.20. The van der Waals surface area contributed by atoms with Crippen molar-refractivity contribution in [1.29, 1.82) is 5.26 Å². The predicted octanol–water partition coefficient (Wildman–Crippen LogP) is 0.471. The molecule has 2 aliphatic rings. The minimum atomic E-state index is -0.827. The molecule has 18 heavy (non-hydrogen) atoms. The molecule has 0 unspecified atom stereocenters. The topological polar surface area (TPSA) is 56.6 Å².